The zero-order chi connectivity index (χ0) is 19.6. The lowest BCUT2D eigenvalue weighted by atomic mass is 10.0. The van der Waals surface area contributed by atoms with E-state index >= 15 is 0 Å². The zero-order valence-corrected chi connectivity index (χ0v) is 15.2. The molecule has 0 spiro atoms. The van der Waals surface area contributed by atoms with Crippen LogP contribution >= 0.6 is 0 Å². The molecule has 1 aliphatic rings. The fraction of sp³-hybridized carbons (Fsp3) is 0.471. The molecule has 3 rings (SSSR count). The minimum Gasteiger partial charge on any atom is -0.486 e. The van der Waals surface area contributed by atoms with E-state index in [9.17, 15) is 14.7 Å². The van der Waals surface area contributed by atoms with Gasteiger partial charge in [-0.1, -0.05) is 5.21 Å². The molecule has 2 aromatic rings. The molecule has 0 bridgehead atoms. The summed E-state index contributed by atoms with van der Waals surface area (Å²) in [6.45, 7) is 2.42. The molecule has 0 unspecified atom stereocenters. The van der Waals surface area contributed by atoms with E-state index < -0.39 is 5.97 Å². The number of aromatic nitrogens is 4. The van der Waals surface area contributed by atoms with E-state index in [1.165, 1.54) is 18.8 Å². The Hall–Kier alpha value is -3.01. The van der Waals surface area contributed by atoms with Crippen LogP contribution < -0.4 is 4.74 Å². The van der Waals surface area contributed by atoms with E-state index in [0.29, 0.717) is 36.8 Å². The second kappa shape index (κ2) is 7.70. The van der Waals surface area contributed by atoms with E-state index in [-0.39, 0.29) is 29.4 Å². The van der Waals surface area contributed by atoms with Crippen LogP contribution in [-0.2, 0) is 21.3 Å². The molecule has 10 heteroatoms. The minimum absolute atomic E-state index is 0.0443. The van der Waals surface area contributed by atoms with Gasteiger partial charge in [0.1, 0.15) is 17.5 Å². The molecule has 1 fully saturated rings. The van der Waals surface area contributed by atoms with Crippen molar-refractivity contribution in [2.75, 3.05) is 20.3 Å². The third kappa shape index (κ3) is 3.90. The number of hydrogen-bond donors (Lipinski definition) is 1. The molecule has 2 aromatic heterocycles. The average Bonchev–Trinajstić information content (AvgIpc) is 3.04. The van der Waals surface area contributed by atoms with Gasteiger partial charge in [-0.25, -0.2) is 14.5 Å². The van der Waals surface area contributed by atoms with Gasteiger partial charge >= 0.3 is 11.9 Å². The molecule has 1 saturated heterocycles. The molecule has 1 aliphatic heterocycles. The van der Waals surface area contributed by atoms with Gasteiger partial charge in [-0.05, 0) is 19.1 Å². The topological polar surface area (TPSA) is 126 Å². The fourth-order valence-electron chi connectivity index (χ4n) is 2.96. The van der Waals surface area contributed by atoms with Crippen molar-refractivity contribution in [3.05, 3.63) is 23.5 Å². The smallest absolute Gasteiger partial charge is 0.356 e. The number of carbonyl (C=O) groups is 2. The molecule has 27 heavy (non-hydrogen) atoms. The van der Waals surface area contributed by atoms with Crippen molar-refractivity contribution in [1.29, 1.82) is 0 Å². The van der Waals surface area contributed by atoms with Crippen LogP contribution in [-0.4, -0.2) is 63.5 Å². The van der Waals surface area contributed by atoms with Gasteiger partial charge in [0.2, 0.25) is 0 Å². The minimum atomic E-state index is -1.13. The standard InChI is InChI=1S/C17H20N4O6/c1-9-13(27-11-6-10(7-26-8-11)17(24)25-3)5-4-12(18-9)14-15(16(22)23)21(2)20-19-14/h4-5,10-11H,6-8H2,1-3H3,(H,22,23)/t10-,11-/m1/s1. The average molecular weight is 376 g/mol. The van der Waals surface area contributed by atoms with Gasteiger partial charge in [0.15, 0.2) is 5.69 Å². The number of esters is 1. The first-order chi connectivity index (χ1) is 12.9. The van der Waals surface area contributed by atoms with Gasteiger partial charge in [0.05, 0.1) is 37.6 Å². The van der Waals surface area contributed by atoms with E-state index in [1.54, 1.807) is 19.1 Å². The van der Waals surface area contributed by atoms with E-state index in [4.69, 9.17) is 14.2 Å². The monoisotopic (exact) mass is 376 g/mol. The Morgan fingerprint density at radius 1 is 1.33 bits per heavy atom. The van der Waals surface area contributed by atoms with Crippen LogP contribution in [0.3, 0.4) is 0 Å². The lowest BCUT2D eigenvalue weighted by Gasteiger charge is -2.28. The van der Waals surface area contributed by atoms with Gasteiger partial charge < -0.3 is 19.3 Å². The molecule has 10 nitrogen and oxygen atoms in total. The molecule has 0 aromatic carbocycles. The normalized spacial score (nSPS) is 19.5. The number of nitrogens with zero attached hydrogens (tertiary/aromatic N) is 4. The summed E-state index contributed by atoms with van der Waals surface area (Å²) in [5, 5.41) is 17.0. The first-order valence-corrected chi connectivity index (χ1v) is 8.34. The fourth-order valence-corrected chi connectivity index (χ4v) is 2.96. The summed E-state index contributed by atoms with van der Waals surface area (Å²) in [6.07, 6.45) is 0.182. The van der Waals surface area contributed by atoms with Gasteiger partial charge in [-0.2, -0.15) is 0 Å². The van der Waals surface area contributed by atoms with Crippen LogP contribution in [0.4, 0.5) is 0 Å². The third-order valence-electron chi connectivity index (χ3n) is 4.31. The molecule has 0 saturated carbocycles. The molecule has 0 aliphatic carbocycles. The molecule has 0 radical (unpaired) electrons. The number of ether oxygens (including phenoxy) is 3. The zero-order valence-electron chi connectivity index (χ0n) is 15.2. The Morgan fingerprint density at radius 3 is 2.78 bits per heavy atom. The van der Waals surface area contributed by atoms with Crippen LogP contribution in [0.1, 0.15) is 22.6 Å². The Morgan fingerprint density at radius 2 is 2.11 bits per heavy atom. The molecular formula is C17H20N4O6. The van der Waals surface area contributed by atoms with Crippen molar-refractivity contribution in [3.8, 4) is 17.1 Å². The maximum Gasteiger partial charge on any atom is 0.356 e. The summed E-state index contributed by atoms with van der Waals surface area (Å²) in [5.74, 6) is -1.29. The Balaban J connectivity index is 1.78. The van der Waals surface area contributed by atoms with Gasteiger partial charge in [0, 0.05) is 13.5 Å². The molecular weight excluding hydrogens is 356 g/mol. The number of aromatic carboxylic acids is 1. The van der Waals surface area contributed by atoms with Crippen molar-refractivity contribution in [1.82, 2.24) is 20.0 Å². The van der Waals surface area contributed by atoms with Crippen LogP contribution in [0.5, 0.6) is 5.75 Å². The lowest BCUT2D eigenvalue weighted by molar-refractivity contribution is -0.152. The molecule has 2 atom stereocenters. The summed E-state index contributed by atoms with van der Waals surface area (Å²) in [4.78, 5) is 27.5. The number of pyridine rings is 1. The SMILES string of the molecule is COC(=O)[C@H]1COC[C@H](Oc2ccc(-c3nnn(C)c3C(=O)O)nc2C)C1. The highest BCUT2D eigenvalue weighted by Crippen LogP contribution is 2.27. The van der Waals surface area contributed by atoms with E-state index in [2.05, 4.69) is 15.3 Å². The number of rotatable bonds is 5. The maximum absolute atomic E-state index is 11.7. The van der Waals surface area contributed by atoms with Crippen LogP contribution in [0.25, 0.3) is 11.4 Å². The van der Waals surface area contributed by atoms with Crippen molar-refractivity contribution < 1.29 is 28.9 Å². The third-order valence-corrected chi connectivity index (χ3v) is 4.31. The predicted octanol–water partition coefficient (Wildman–Crippen LogP) is 0.841. The molecule has 0 amide bonds. The maximum atomic E-state index is 11.7. The van der Waals surface area contributed by atoms with Crippen molar-refractivity contribution >= 4 is 11.9 Å². The summed E-state index contributed by atoms with van der Waals surface area (Å²) in [7, 11) is 2.85. The lowest BCUT2D eigenvalue weighted by Crippen LogP contribution is -2.37. The Labute approximate surface area is 155 Å². The summed E-state index contributed by atoms with van der Waals surface area (Å²) >= 11 is 0. The van der Waals surface area contributed by atoms with Gasteiger partial charge in [-0.15, -0.1) is 5.10 Å². The number of aryl methyl sites for hydroxylation is 2. The second-order valence-corrected chi connectivity index (χ2v) is 6.23. The second-order valence-electron chi connectivity index (χ2n) is 6.23. The van der Waals surface area contributed by atoms with Crippen molar-refractivity contribution in [2.24, 2.45) is 13.0 Å². The molecule has 1 N–H and O–H groups in total. The summed E-state index contributed by atoms with van der Waals surface area (Å²) < 4.78 is 17.3. The number of methoxy groups -OCH3 is 1. The first kappa shape index (κ1) is 18.8. The van der Waals surface area contributed by atoms with Gasteiger partial charge in [0.25, 0.3) is 0 Å². The molecule has 144 valence electrons. The van der Waals surface area contributed by atoms with E-state index in [0.717, 1.165) is 0 Å². The highest BCUT2D eigenvalue weighted by Gasteiger charge is 2.30. The predicted molar refractivity (Wildman–Crippen MR) is 91.3 cm³/mol. The number of hydrogen-bond acceptors (Lipinski definition) is 8. The Kier molecular flexibility index (Phi) is 5.36. The summed E-state index contributed by atoms with van der Waals surface area (Å²) in [5.41, 5.74) is 1.09. The number of carbonyl (C=O) groups excluding carboxylic acids is 1. The quantitative estimate of drug-likeness (QED) is 0.755. The number of carboxylic acids is 1. The van der Waals surface area contributed by atoms with E-state index in [1.807, 2.05) is 0 Å². The molecule has 3 heterocycles. The van der Waals surface area contributed by atoms with Crippen LogP contribution in [0, 0.1) is 12.8 Å². The number of carboxylic acid groups (broad SMARTS) is 1. The summed E-state index contributed by atoms with van der Waals surface area (Å²) in [6, 6.07) is 3.32. The highest BCUT2D eigenvalue weighted by molar-refractivity contribution is 5.92. The largest absolute Gasteiger partial charge is 0.486 e. The van der Waals surface area contributed by atoms with Crippen LogP contribution in [0.2, 0.25) is 0 Å². The Bertz CT molecular complexity index is 865. The van der Waals surface area contributed by atoms with Gasteiger partial charge in [-0.3, -0.25) is 4.79 Å². The van der Waals surface area contributed by atoms with Crippen molar-refractivity contribution in [2.45, 2.75) is 19.4 Å². The highest BCUT2D eigenvalue weighted by atomic mass is 16.5. The first-order valence-electron chi connectivity index (χ1n) is 8.34. The van der Waals surface area contributed by atoms with Crippen molar-refractivity contribution in [3.63, 3.8) is 0 Å². The van der Waals surface area contributed by atoms with Crippen LogP contribution in [0.15, 0.2) is 12.1 Å².